The molecule has 1 amide bonds. The second-order valence-corrected chi connectivity index (χ2v) is 7.59. The van der Waals surface area contributed by atoms with Crippen molar-refractivity contribution in [1.29, 1.82) is 0 Å². The largest absolute Gasteiger partial charge is 0.379 e. The maximum atomic E-state index is 12.7. The highest BCUT2D eigenvalue weighted by Gasteiger charge is 2.26. The third kappa shape index (κ3) is 4.34. The molecule has 3 rings (SSSR count). The van der Waals surface area contributed by atoms with Gasteiger partial charge in [0, 0.05) is 18.7 Å². The van der Waals surface area contributed by atoms with Crippen molar-refractivity contribution in [2.75, 3.05) is 26.3 Å². The molecule has 2 aromatic carbocycles. The third-order valence-electron chi connectivity index (χ3n) is 3.88. The average Bonchev–Trinajstić information content (AvgIpc) is 2.69. The average molecular weight is 373 g/mol. The fourth-order valence-electron chi connectivity index (χ4n) is 2.50. The van der Waals surface area contributed by atoms with Crippen LogP contribution in [0.3, 0.4) is 0 Å². The molecule has 1 aliphatic heterocycles. The van der Waals surface area contributed by atoms with Gasteiger partial charge in [-0.15, -0.1) is 0 Å². The van der Waals surface area contributed by atoms with E-state index in [0.717, 1.165) is 5.56 Å². The van der Waals surface area contributed by atoms with Crippen LogP contribution in [0.5, 0.6) is 0 Å². The summed E-state index contributed by atoms with van der Waals surface area (Å²) in [5.41, 5.74) is 3.48. The zero-order valence-corrected chi connectivity index (χ0v) is 14.9. The summed E-state index contributed by atoms with van der Waals surface area (Å²) < 4.78 is 31.9. The quantitative estimate of drug-likeness (QED) is 0.635. The SMILES string of the molecule is O=C(N/N=C\c1ccccc1)c1cccc(S(=O)(=O)N2CCOCC2)c1. The first-order valence-corrected chi connectivity index (χ1v) is 9.58. The van der Waals surface area contributed by atoms with Crippen LogP contribution in [0.2, 0.25) is 0 Å². The summed E-state index contributed by atoms with van der Waals surface area (Å²) in [5.74, 6) is -0.476. The van der Waals surface area contributed by atoms with Crippen LogP contribution in [0, 0.1) is 0 Å². The van der Waals surface area contributed by atoms with E-state index in [1.807, 2.05) is 30.3 Å². The number of hydrazone groups is 1. The van der Waals surface area contributed by atoms with Crippen molar-refractivity contribution in [2.45, 2.75) is 4.90 Å². The standard InChI is InChI=1S/C18H19N3O4S/c22-18(20-19-14-15-5-2-1-3-6-15)16-7-4-8-17(13-16)26(23,24)21-9-11-25-12-10-21/h1-8,13-14H,9-12H2,(H,20,22)/b19-14-. The monoisotopic (exact) mass is 373 g/mol. The van der Waals surface area contributed by atoms with Crippen LogP contribution in [-0.4, -0.2) is 51.1 Å². The zero-order chi connectivity index (χ0) is 18.4. The number of ether oxygens (including phenoxy) is 1. The molecule has 8 heteroatoms. The molecule has 0 unspecified atom stereocenters. The first-order valence-electron chi connectivity index (χ1n) is 8.14. The van der Waals surface area contributed by atoms with Gasteiger partial charge in [-0.3, -0.25) is 4.79 Å². The minimum atomic E-state index is -3.65. The lowest BCUT2D eigenvalue weighted by atomic mass is 10.2. The molecule has 2 aromatic rings. The van der Waals surface area contributed by atoms with Crippen LogP contribution in [0.25, 0.3) is 0 Å². The maximum Gasteiger partial charge on any atom is 0.271 e. The lowest BCUT2D eigenvalue weighted by molar-refractivity contribution is 0.0730. The second kappa shape index (κ2) is 8.22. The smallest absolute Gasteiger partial charge is 0.271 e. The van der Waals surface area contributed by atoms with Crippen molar-refractivity contribution in [2.24, 2.45) is 5.10 Å². The second-order valence-electron chi connectivity index (χ2n) is 5.65. The van der Waals surface area contributed by atoms with Crippen LogP contribution in [0.4, 0.5) is 0 Å². The number of carbonyl (C=O) groups is 1. The zero-order valence-electron chi connectivity index (χ0n) is 14.0. The molecule has 1 N–H and O–H groups in total. The number of rotatable bonds is 5. The molecule has 1 saturated heterocycles. The number of morpholine rings is 1. The summed E-state index contributed by atoms with van der Waals surface area (Å²) in [6, 6.07) is 15.3. The van der Waals surface area contributed by atoms with Crippen molar-refractivity contribution in [3.63, 3.8) is 0 Å². The summed E-state index contributed by atoms with van der Waals surface area (Å²) in [6.45, 7) is 1.35. The van der Waals surface area contributed by atoms with E-state index in [0.29, 0.717) is 26.3 Å². The van der Waals surface area contributed by atoms with Gasteiger partial charge < -0.3 is 4.74 Å². The van der Waals surface area contributed by atoms with Crippen LogP contribution < -0.4 is 5.43 Å². The Balaban J connectivity index is 1.72. The molecule has 0 radical (unpaired) electrons. The summed E-state index contributed by atoms with van der Waals surface area (Å²) in [4.78, 5) is 12.3. The van der Waals surface area contributed by atoms with E-state index in [1.165, 1.54) is 22.7 Å². The van der Waals surface area contributed by atoms with Gasteiger partial charge in [-0.25, -0.2) is 13.8 Å². The lowest BCUT2D eigenvalue weighted by Crippen LogP contribution is -2.40. The van der Waals surface area contributed by atoms with Crippen molar-refractivity contribution >= 4 is 22.1 Å². The van der Waals surface area contributed by atoms with Gasteiger partial charge in [-0.05, 0) is 23.8 Å². The van der Waals surface area contributed by atoms with E-state index in [9.17, 15) is 13.2 Å². The van der Waals surface area contributed by atoms with E-state index in [4.69, 9.17) is 4.74 Å². The minimum absolute atomic E-state index is 0.0825. The Morgan fingerprint density at radius 3 is 2.54 bits per heavy atom. The molecule has 136 valence electrons. The molecule has 7 nitrogen and oxygen atoms in total. The van der Waals surface area contributed by atoms with Gasteiger partial charge in [0.15, 0.2) is 0 Å². The minimum Gasteiger partial charge on any atom is -0.379 e. The molecule has 26 heavy (non-hydrogen) atoms. The first-order chi connectivity index (χ1) is 12.6. The van der Waals surface area contributed by atoms with Crippen molar-refractivity contribution in [1.82, 2.24) is 9.73 Å². The molecular weight excluding hydrogens is 354 g/mol. The number of nitrogens with one attached hydrogen (secondary N) is 1. The van der Waals surface area contributed by atoms with Crippen molar-refractivity contribution in [3.05, 3.63) is 65.7 Å². The first kappa shape index (κ1) is 18.2. The normalized spacial score (nSPS) is 15.8. The van der Waals surface area contributed by atoms with E-state index in [2.05, 4.69) is 10.5 Å². The van der Waals surface area contributed by atoms with Gasteiger partial charge in [-0.2, -0.15) is 9.41 Å². The Kier molecular flexibility index (Phi) is 5.77. The molecule has 1 aliphatic rings. The van der Waals surface area contributed by atoms with E-state index >= 15 is 0 Å². The number of carbonyl (C=O) groups excluding carboxylic acids is 1. The van der Waals surface area contributed by atoms with Crippen LogP contribution in [0.1, 0.15) is 15.9 Å². The number of sulfonamides is 1. The highest BCUT2D eigenvalue weighted by molar-refractivity contribution is 7.89. The molecule has 1 heterocycles. The Morgan fingerprint density at radius 2 is 1.81 bits per heavy atom. The molecular formula is C18H19N3O4S. The molecule has 0 bridgehead atoms. The van der Waals surface area contributed by atoms with Crippen molar-refractivity contribution in [3.8, 4) is 0 Å². The Labute approximate surface area is 152 Å². The van der Waals surface area contributed by atoms with Crippen molar-refractivity contribution < 1.29 is 17.9 Å². The molecule has 0 spiro atoms. The molecule has 0 atom stereocenters. The van der Waals surface area contributed by atoms with E-state index in [-0.39, 0.29) is 10.5 Å². The summed E-state index contributed by atoms with van der Waals surface area (Å²) >= 11 is 0. The summed E-state index contributed by atoms with van der Waals surface area (Å²) in [5, 5.41) is 3.90. The van der Waals surface area contributed by atoms with Gasteiger partial charge in [0.25, 0.3) is 5.91 Å². The molecule has 1 fully saturated rings. The lowest BCUT2D eigenvalue weighted by Gasteiger charge is -2.26. The fourth-order valence-corrected chi connectivity index (χ4v) is 3.96. The summed E-state index contributed by atoms with van der Waals surface area (Å²) in [6.07, 6.45) is 1.52. The molecule has 0 aliphatic carbocycles. The third-order valence-corrected chi connectivity index (χ3v) is 5.78. The van der Waals surface area contributed by atoms with Gasteiger partial charge in [0.1, 0.15) is 0 Å². The maximum absolute atomic E-state index is 12.7. The number of hydrogen-bond acceptors (Lipinski definition) is 5. The summed E-state index contributed by atoms with van der Waals surface area (Å²) in [7, 11) is -3.65. The Bertz CT molecular complexity index is 892. The Morgan fingerprint density at radius 1 is 1.08 bits per heavy atom. The van der Waals surface area contributed by atoms with Crippen LogP contribution in [-0.2, 0) is 14.8 Å². The highest BCUT2D eigenvalue weighted by Crippen LogP contribution is 2.18. The predicted octanol–water partition coefficient (Wildman–Crippen LogP) is 1.47. The van der Waals surface area contributed by atoms with Crippen LogP contribution in [0.15, 0.2) is 64.6 Å². The fraction of sp³-hybridized carbons (Fsp3) is 0.222. The molecule has 0 aromatic heterocycles. The highest BCUT2D eigenvalue weighted by atomic mass is 32.2. The van der Waals surface area contributed by atoms with Gasteiger partial charge in [0.2, 0.25) is 10.0 Å². The van der Waals surface area contributed by atoms with Gasteiger partial charge in [0.05, 0.1) is 24.3 Å². The topological polar surface area (TPSA) is 88.1 Å². The predicted molar refractivity (Wildman–Crippen MR) is 97.5 cm³/mol. The van der Waals surface area contributed by atoms with Gasteiger partial charge in [-0.1, -0.05) is 36.4 Å². The van der Waals surface area contributed by atoms with E-state index in [1.54, 1.807) is 12.1 Å². The number of nitrogens with zero attached hydrogens (tertiary/aromatic N) is 2. The number of benzene rings is 2. The number of amides is 1. The van der Waals surface area contributed by atoms with E-state index < -0.39 is 15.9 Å². The van der Waals surface area contributed by atoms with Crippen LogP contribution >= 0.6 is 0 Å². The Hall–Kier alpha value is -2.55. The number of hydrogen-bond donors (Lipinski definition) is 1. The van der Waals surface area contributed by atoms with Gasteiger partial charge >= 0.3 is 0 Å². The molecule has 0 saturated carbocycles.